The maximum absolute atomic E-state index is 12.9. The number of aryl methyl sites for hydroxylation is 1. The Bertz CT molecular complexity index is 1200. The van der Waals surface area contributed by atoms with Gasteiger partial charge in [0.05, 0.1) is 9.88 Å². The van der Waals surface area contributed by atoms with Crippen molar-refractivity contribution >= 4 is 28.9 Å². The van der Waals surface area contributed by atoms with Gasteiger partial charge < -0.3 is 5.32 Å². The molecular weight excluding hydrogens is 424 g/mol. The number of nitrogens with one attached hydrogen (secondary N) is 3. The molecule has 1 saturated carbocycles. The molecule has 32 heavy (non-hydrogen) atoms. The highest BCUT2D eigenvalue weighted by Crippen LogP contribution is 2.43. The van der Waals surface area contributed by atoms with Crippen LogP contribution in [-0.4, -0.2) is 37.7 Å². The largest absolute Gasteiger partial charge is 0.305 e. The first kappa shape index (κ1) is 20.5. The molecule has 1 amide bonds. The molecule has 0 saturated heterocycles. The summed E-state index contributed by atoms with van der Waals surface area (Å²) in [5.74, 6) is 1.39. The van der Waals surface area contributed by atoms with Crippen LogP contribution < -0.4 is 16.4 Å². The monoisotopic (exact) mass is 448 g/mol. The highest BCUT2D eigenvalue weighted by atomic mass is 32.1. The zero-order valence-electron chi connectivity index (χ0n) is 18.1. The minimum atomic E-state index is -0.312. The zero-order chi connectivity index (χ0) is 22.2. The molecule has 1 aliphatic carbocycles. The highest BCUT2D eigenvalue weighted by molar-refractivity contribution is 7.15. The fourth-order valence-corrected chi connectivity index (χ4v) is 4.62. The van der Waals surface area contributed by atoms with E-state index in [-0.39, 0.29) is 11.9 Å². The van der Waals surface area contributed by atoms with Crippen molar-refractivity contribution in [3.8, 4) is 10.4 Å². The molecule has 9 nitrogen and oxygen atoms in total. The first-order valence-electron chi connectivity index (χ1n) is 10.6. The molecule has 0 radical (unpaired) electrons. The quantitative estimate of drug-likeness (QED) is 0.530. The molecule has 10 heteroatoms. The van der Waals surface area contributed by atoms with Gasteiger partial charge in [0.25, 0.3) is 5.91 Å². The number of hydrogen-bond acceptors (Lipinski definition) is 9. The van der Waals surface area contributed by atoms with E-state index in [0.29, 0.717) is 29.0 Å². The highest BCUT2D eigenvalue weighted by Gasteiger charge is 2.27. The molecule has 3 aromatic heterocycles. The Balaban J connectivity index is 1.36. The van der Waals surface area contributed by atoms with Gasteiger partial charge in [-0.3, -0.25) is 14.8 Å². The molecule has 1 aliphatic heterocycles. The van der Waals surface area contributed by atoms with Crippen LogP contribution in [0.25, 0.3) is 10.4 Å². The van der Waals surface area contributed by atoms with Crippen LogP contribution >= 0.6 is 11.3 Å². The van der Waals surface area contributed by atoms with Crippen LogP contribution in [0.1, 0.15) is 59.4 Å². The molecule has 1 fully saturated rings. The van der Waals surface area contributed by atoms with Crippen LogP contribution in [0.5, 0.6) is 0 Å². The van der Waals surface area contributed by atoms with Gasteiger partial charge in [-0.25, -0.2) is 15.5 Å². The summed E-state index contributed by atoms with van der Waals surface area (Å²) in [5, 5.41) is 10.2. The maximum atomic E-state index is 12.9. The topological polar surface area (TPSA) is 107 Å². The number of thiazole rings is 1. The fraction of sp³-hybridized carbons (Fsp3) is 0.318. The summed E-state index contributed by atoms with van der Waals surface area (Å²) in [5.41, 5.74) is 8.70. The number of anilines is 1. The predicted molar refractivity (Wildman–Crippen MR) is 124 cm³/mol. The van der Waals surface area contributed by atoms with Crippen LogP contribution in [0.4, 0.5) is 5.82 Å². The van der Waals surface area contributed by atoms with Gasteiger partial charge in [-0.2, -0.15) is 0 Å². The summed E-state index contributed by atoms with van der Waals surface area (Å²) >= 11 is 1.70. The lowest BCUT2D eigenvalue weighted by Crippen LogP contribution is -2.45. The zero-order valence-corrected chi connectivity index (χ0v) is 18.9. The normalized spacial score (nSPS) is 15.6. The number of hydrogen-bond donors (Lipinski definition) is 3. The second kappa shape index (κ2) is 8.29. The third-order valence-corrected chi connectivity index (χ3v) is 6.54. The van der Waals surface area contributed by atoms with E-state index in [0.717, 1.165) is 16.0 Å². The number of nitrogens with zero attached hydrogens (tertiary/aromatic N) is 5. The summed E-state index contributed by atoms with van der Waals surface area (Å²) in [6, 6.07) is 7.43. The van der Waals surface area contributed by atoms with Gasteiger partial charge in [0.2, 0.25) is 0 Å². The van der Waals surface area contributed by atoms with E-state index in [1.165, 1.54) is 17.8 Å². The molecule has 5 rings (SSSR count). The van der Waals surface area contributed by atoms with Gasteiger partial charge in [0.15, 0.2) is 5.84 Å². The molecule has 0 atom stereocenters. The number of rotatable bonds is 6. The van der Waals surface area contributed by atoms with Crippen molar-refractivity contribution < 1.29 is 4.79 Å². The third kappa shape index (κ3) is 4.06. The van der Waals surface area contributed by atoms with Crippen LogP contribution in [0, 0.1) is 6.92 Å². The average Bonchev–Trinajstić information content (AvgIpc) is 3.31. The van der Waals surface area contributed by atoms with Crippen LogP contribution in [0.15, 0.2) is 41.8 Å². The number of hydrazone groups is 1. The number of carbonyl (C=O) groups is 1. The van der Waals surface area contributed by atoms with E-state index < -0.39 is 0 Å². The maximum Gasteiger partial charge on any atom is 0.275 e. The van der Waals surface area contributed by atoms with E-state index >= 15 is 0 Å². The van der Waals surface area contributed by atoms with Gasteiger partial charge in [-0.15, -0.1) is 22.0 Å². The lowest BCUT2D eigenvalue weighted by atomic mass is 10.1. The fourth-order valence-electron chi connectivity index (χ4n) is 3.45. The molecule has 0 aromatic carbocycles. The Hall–Kier alpha value is -3.37. The second-order valence-corrected chi connectivity index (χ2v) is 9.27. The summed E-state index contributed by atoms with van der Waals surface area (Å²) in [7, 11) is 0. The number of amidine groups is 1. The SMILES string of the molecule is Cc1cnc(C(=O)Nc2cccc(C3=NNNN3C(C)C)n2)cc1-c1cnc(C2CC2)s1. The number of aromatic nitrogens is 3. The van der Waals surface area contributed by atoms with Crippen LogP contribution in [0.2, 0.25) is 0 Å². The van der Waals surface area contributed by atoms with Crippen molar-refractivity contribution in [1.82, 2.24) is 31.0 Å². The standard InChI is InChI=1S/C22H24N8OS/c1-12(2)30-20(27-28-29-30)16-5-4-6-19(25-16)26-21(31)17-9-15(13(3)10-23-17)18-11-24-22(32-18)14-7-8-14/h4-6,9-12,14,28-29H,7-8H2,1-3H3,(H,25,26,31). The Morgan fingerprint density at radius 3 is 2.88 bits per heavy atom. The van der Waals surface area contributed by atoms with E-state index in [9.17, 15) is 4.79 Å². The molecule has 0 spiro atoms. The van der Waals surface area contributed by atoms with E-state index in [2.05, 4.69) is 36.4 Å². The summed E-state index contributed by atoms with van der Waals surface area (Å²) in [6.45, 7) is 6.08. The van der Waals surface area contributed by atoms with Crippen molar-refractivity contribution in [2.24, 2.45) is 5.10 Å². The molecule has 164 valence electrons. The minimum absolute atomic E-state index is 0.172. The number of amides is 1. The average molecular weight is 449 g/mol. The van der Waals surface area contributed by atoms with Crippen molar-refractivity contribution in [3.05, 3.63) is 58.6 Å². The molecular formula is C22H24N8OS. The van der Waals surface area contributed by atoms with E-state index in [4.69, 9.17) is 0 Å². The smallest absolute Gasteiger partial charge is 0.275 e. The van der Waals surface area contributed by atoms with Gasteiger partial charge in [0, 0.05) is 29.9 Å². The number of carbonyl (C=O) groups excluding carboxylic acids is 1. The molecule has 0 unspecified atom stereocenters. The number of pyridine rings is 2. The van der Waals surface area contributed by atoms with E-state index in [1.807, 2.05) is 50.2 Å². The predicted octanol–water partition coefficient (Wildman–Crippen LogP) is 3.43. The van der Waals surface area contributed by atoms with Crippen molar-refractivity contribution in [3.63, 3.8) is 0 Å². The lowest BCUT2D eigenvalue weighted by molar-refractivity contribution is 0.102. The van der Waals surface area contributed by atoms with Crippen LogP contribution in [0.3, 0.4) is 0 Å². The van der Waals surface area contributed by atoms with E-state index in [1.54, 1.807) is 23.6 Å². The molecule has 2 aliphatic rings. The van der Waals surface area contributed by atoms with Crippen molar-refractivity contribution in [1.29, 1.82) is 0 Å². The Labute approximate surface area is 189 Å². The van der Waals surface area contributed by atoms with Gasteiger partial charge in [-0.05, 0) is 57.4 Å². The third-order valence-electron chi connectivity index (χ3n) is 5.35. The first-order valence-corrected chi connectivity index (χ1v) is 11.4. The van der Waals surface area contributed by atoms with Gasteiger partial charge in [0.1, 0.15) is 17.2 Å². The Morgan fingerprint density at radius 1 is 1.25 bits per heavy atom. The molecule has 3 N–H and O–H groups in total. The number of hydrazine groups is 2. The first-order chi connectivity index (χ1) is 15.5. The summed E-state index contributed by atoms with van der Waals surface area (Å²) in [4.78, 5) is 27.5. The molecule has 0 bridgehead atoms. The van der Waals surface area contributed by atoms with Crippen molar-refractivity contribution in [2.75, 3.05) is 5.32 Å². The Kier molecular flexibility index (Phi) is 5.32. The van der Waals surface area contributed by atoms with Gasteiger partial charge in [-0.1, -0.05) is 6.07 Å². The second-order valence-electron chi connectivity index (χ2n) is 8.21. The molecule has 4 heterocycles. The minimum Gasteiger partial charge on any atom is -0.305 e. The molecule has 3 aromatic rings. The van der Waals surface area contributed by atoms with Crippen molar-refractivity contribution in [2.45, 2.75) is 45.6 Å². The van der Waals surface area contributed by atoms with Crippen LogP contribution in [-0.2, 0) is 0 Å². The lowest BCUT2D eigenvalue weighted by Gasteiger charge is -2.22. The summed E-state index contributed by atoms with van der Waals surface area (Å²) < 4.78 is 0. The Morgan fingerprint density at radius 2 is 2.09 bits per heavy atom. The van der Waals surface area contributed by atoms with Gasteiger partial charge >= 0.3 is 0 Å². The summed E-state index contributed by atoms with van der Waals surface area (Å²) in [6.07, 6.45) is 6.07.